The Morgan fingerprint density at radius 1 is 1.26 bits per heavy atom. The SMILES string of the molecule is CNC(=O)c1nc(C)c(C)c(N2CC[C@@H](Nc3cc(C(C)C)ncn3)C2)n1. The number of carbonyl (C=O) groups is 1. The topological polar surface area (TPSA) is 95.9 Å². The molecule has 0 aromatic carbocycles. The molecule has 1 fully saturated rings. The lowest BCUT2D eigenvalue weighted by Crippen LogP contribution is -2.29. The molecule has 0 radical (unpaired) electrons. The van der Waals surface area contributed by atoms with Crippen LogP contribution in [0, 0.1) is 13.8 Å². The number of nitrogens with zero attached hydrogens (tertiary/aromatic N) is 5. The van der Waals surface area contributed by atoms with Crippen molar-refractivity contribution in [2.75, 3.05) is 30.4 Å². The smallest absolute Gasteiger partial charge is 0.288 e. The minimum atomic E-state index is -0.268. The molecular weight excluding hydrogens is 342 g/mol. The summed E-state index contributed by atoms with van der Waals surface area (Å²) in [5.41, 5.74) is 2.86. The molecule has 8 nitrogen and oxygen atoms in total. The average Bonchev–Trinajstić information content (AvgIpc) is 3.11. The van der Waals surface area contributed by atoms with Crippen molar-refractivity contribution >= 4 is 17.5 Å². The first-order valence-corrected chi connectivity index (χ1v) is 9.29. The first-order chi connectivity index (χ1) is 12.9. The van der Waals surface area contributed by atoms with E-state index in [1.54, 1.807) is 13.4 Å². The molecule has 0 bridgehead atoms. The summed E-state index contributed by atoms with van der Waals surface area (Å²) in [5, 5.41) is 6.10. The van der Waals surface area contributed by atoms with Crippen LogP contribution in [0.1, 0.15) is 53.8 Å². The molecule has 0 unspecified atom stereocenters. The fourth-order valence-corrected chi connectivity index (χ4v) is 3.18. The molecule has 0 aliphatic carbocycles. The van der Waals surface area contributed by atoms with Crippen molar-refractivity contribution < 1.29 is 4.79 Å². The molecule has 27 heavy (non-hydrogen) atoms. The third-order valence-electron chi connectivity index (χ3n) is 4.91. The second kappa shape index (κ2) is 7.85. The number of hydrogen-bond donors (Lipinski definition) is 2. The molecular formula is C19H27N7O. The quantitative estimate of drug-likeness (QED) is 0.833. The summed E-state index contributed by atoms with van der Waals surface area (Å²) >= 11 is 0. The zero-order valence-electron chi connectivity index (χ0n) is 16.6. The summed E-state index contributed by atoms with van der Waals surface area (Å²) in [6.07, 6.45) is 2.58. The summed E-state index contributed by atoms with van der Waals surface area (Å²) in [7, 11) is 1.59. The molecule has 8 heteroatoms. The van der Waals surface area contributed by atoms with Crippen molar-refractivity contribution in [2.45, 2.75) is 46.1 Å². The summed E-state index contributed by atoms with van der Waals surface area (Å²) in [6, 6.07) is 2.27. The third-order valence-corrected chi connectivity index (χ3v) is 4.91. The van der Waals surface area contributed by atoms with E-state index < -0.39 is 0 Å². The van der Waals surface area contributed by atoms with Crippen LogP contribution in [0.5, 0.6) is 0 Å². The molecule has 0 spiro atoms. The van der Waals surface area contributed by atoms with Crippen LogP contribution < -0.4 is 15.5 Å². The van der Waals surface area contributed by atoms with Gasteiger partial charge in [-0.2, -0.15) is 0 Å². The van der Waals surface area contributed by atoms with Gasteiger partial charge in [-0.25, -0.2) is 19.9 Å². The molecule has 2 aromatic rings. The van der Waals surface area contributed by atoms with Crippen LogP contribution in [0.3, 0.4) is 0 Å². The van der Waals surface area contributed by atoms with Gasteiger partial charge in [0.05, 0.1) is 0 Å². The van der Waals surface area contributed by atoms with E-state index in [1.165, 1.54) is 0 Å². The predicted octanol–water partition coefficient (Wildman–Crippen LogP) is 2.06. The molecule has 144 valence electrons. The van der Waals surface area contributed by atoms with Gasteiger partial charge in [-0.15, -0.1) is 0 Å². The molecule has 0 saturated carbocycles. The largest absolute Gasteiger partial charge is 0.365 e. The Labute approximate surface area is 159 Å². The van der Waals surface area contributed by atoms with Crippen molar-refractivity contribution in [1.82, 2.24) is 25.3 Å². The standard InChI is InChI=1S/C19H27N7O/c1-11(2)15-8-16(22-10-21-15)24-14-6-7-26(9-14)18-12(3)13(4)23-17(25-18)19(27)20-5/h8,10-11,14H,6-7,9H2,1-5H3,(H,20,27)(H,21,22,24)/t14-/m1/s1. The van der Waals surface area contributed by atoms with E-state index >= 15 is 0 Å². The lowest BCUT2D eigenvalue weighted by atomic mass is 10.1. The van der Waals surface area contributed by atoms with E-state index in [4.69, 9.17) is 0 Å². The number of aryl methyl sites for hydroxylation is 1. The van der Waals surface area contributed by atoms with Crippen molar-refractivity contribution in [3.05, 3.63) is 35.2 Å². The number of amides is 1. The van der Waals surface area contributed by atoms with Gasteiger partial charge in [0.1, 0.15) is 18.0 Å². The Kier molecular flexibility index (Phi) is 5.53. The first kappa shape index (κ1) is 19.0. The van der Waals surface area contributed by atoms with Crippen molar-refractivity contribution in [2.24, 2.45) is 0 Å². The highest BCUT2D eigenvalue weighted by atomic mass is 16.2. The lowest BCUT2D eigenvalue weighted by molar-refractivity contribution is 0.0952. The fourth-order valence-electron chi connectivity index (χ4n) is 3.18. The molecule has 1 saturated heterocycles. The van der Waals surface area contributed by atoms with Gasteiger partial charge in [0, 0.05) is 49.2 Å². The van der Waals surface area contributed by atoms with Crippen LogP contribution in [-0.4, -0.2) is 52.0 Å². The monoisotopic (exact) mass is 369 g/mol. The minimum Gasteiger partial charge on any atom is -0.365 e. The Hall–Kier alpha value is -2.77. The van der Waals surface area contributed by atoms with Gasteiger partial charge in [0.2, 0.25) is 5.82 Å². The van der Waals surface area contributed by atoms with Gasteiger partial charge in [0.15, 0.2) is 0 Å². The normalized spacial score (nSPS) is 16.7. The van der Waals surface area contributed by atoms with Crippen LogP contribution in [0.4, 0.5) is 11.6 Å². The summed E-state index contributed by atoms with van der Waals surface area (Å²) in [5.74, 6) is 1.99. The molecule has 2 aromatic heterocycles. The van der Waals surface area contributed by atoms with Gasteiger partial charge >= 0.3 is 0 Å². The lowest BCUT2D eigenvalue weighted by Gasteiger charge is -2.21. The molecule has 1 amide bonds. The number of anilines is 2. The maximum Gasteiger partial charge on any atom is 0.288 e. The second-order valence-electron chi connectivity index (χ2n) is 7.22. The van der Waals surface area contributed by atoms with Crippen LogP contribution >= 0.6 is 0 Å². The van der Waals surface area contributed by atoms with Gasteiger partial charge in [-0.1, -0.05) is 13.8 Å². The van der Waals surface area contributed by atoms with E-state index in [0.717, 1.165) is 48.1 Å². The first-order valence-electron chi connectivity index (χ1n) is 9.29. The van der Waals surface area contributed by atoms with E-state index in [2.05, 4.69) is 49.3 Å². The summed E-state index contributed by atoms with van der Waals surface area (Å²) < 4.78 is 0. The molecule has 1 aliphatic rings. The zero-order valence-corrected chi connectivity index (χ0v) is 16.6. The van der Waals surface area contributed by atoms with Crippen molar-refractivity contribution in [3.8, 4) is 0 Å². The zero-order chi connectivity index (χ0) is 19.6. The molecule has 1 atom stereocenters. The van der Waals surface area contributed by atoms with Crippen molar-refractivity contribution in [3.63, 3.8) is 0 Å². The maximum atomic E-state index is 12.0. The predicted molar refractivity (Wildman–Crippen MR) is 105 cm³/mol. The maximum absolute atomic E-state index is 12.0. The molecule has 2 N–H and O–H groups in total. The van der Waals surface area contributed by atoms with Gasteiger partial charge in [-0.3, -0.25) is 4.79 Å². The average molecular weight is 369 g/mol. The number of hydrogen-bond acceptors (Lipinski definition) is 7. The Balaban J connectivity index is 1.75. The number of carbonyl (C=O) groups excluding carboxylic acids is 1. The van der Waals surface area contributed by atoms with Crippen LogP contribution in [0.2, 0.25) is 0 Å². The molecule has 3 rings (SSSR count). The highest BCUT2D eigenvalue weighted by Gasteiger charge is 2.26. The highest BCUT2D eigenvalue weighted by molar-refractivity contribution is 5.90. The minimum absolute atomic E-state index is 0.212. The van der Waals surface area contributed by atoms with Crippen molar-refractivity contribution in [1.29, 1.82) is 0 Å². The molecule has 3 heterocycles. The fraction of sp³-hybridized carbons (Fsp3) is 0.526. The number of nitrogens with one attached hydrogen (secondary N) is 2. The molecule has 1 aliphatic heterocycles. The van der Waals surface area contributed by atoms with E-state index in [0.29, 0.717) is 5.92 Å². The van der Waals surface area contributed by atoms with Crippen LogP contribution in [0.15, 0.2) is 12.4 Å². The Bertz CT molecular complexity index is 837. The van der Waals surface area contributed by atoms with E-state index in [-0.39, 0.29) is 17.8 Å². The number of rotatable bonds is 5. The Morgan fingerprint density at radius 3 is 2.74 bits per heavy atom. The number of aromatic nitrogens is 4. The van der Waals surface area contributed by atoms with Gasteiger partial charge in [-0.05, 0) is 26.2 Å². The summed E-state index contributed by atoms with van der Waals surface area (Å²) in [4.78, 5) is 31.6. The van der Waals surface area contributed by atoms with E-state index in [9.17, 15) is 4.79 Å². The third kappa shape index (κ3) is 4.15. The van der Waals surface area contributed by atoms with Crippen LogP contribution in [-0.2, 0) is 0 Å². The second-order valence-corrected chi connectivity index (χ2v) is 7.22. The Morgan fingerprint density at radius 2 is 2.04 bits per heavy atom. The van der Waals surface area contributed by atoms with Crippen LogP contribution in [0.25, 0.3) is 0 Å². The van der Waals surface area contributed by atoms with E-state index in [1.807, 2.05) is 19.9 Å². The highest BCUT2D eigenvalue weighted by Crippen LogP contribution is 2.25. The van der Waals surface area contributed by atoms with Gasteiger partial charge in [0.25, 0.3) is 5.91 Å². The van der Waals surface area contributed by atoms with Gasteiger partial charge < -0.3 is 15.5 Å². The summed E-state index contributed by atoms with van der Waals surface area (Å²) in [6.45, 7) is 9.81.